The average Bonchev–Trinajstić information content (AvgIpc) is 2.63. The molecule has 0 saturated carbocycles. The smallest absolute Gasteiger partial charge is 0.230 e. The van der Waals surface area contributed by atoms with E-state index in [1.54, 1.807) is 24.5 Å². The zero-order valence-electron chi connectivity index (χ0n) is 14.7. The number of ether oxygens (including phenoxy) is 1. The molecule has 138 valence electrons. The Morgan fingerprint density at radius 1 is 1.07 bits per heavy atom. The molecule has 0 saturated heterocycles. The van der Waals surface area contributed by atoms with Gasteiger partial charge in [0.1, 0.15) is 12.4 Å². The van der Waals surface area contributed by atoms with Gasteiger partial charge in [0.2, 0.25) is 11.8 Å². The highest BCUT2D eigenvalue weighted by molar-refractivity contribution is 6.39. The molecule has 7 heteroatoms. The van der Waals surface area contributed by atoms with Crippen LogP contribution in [0.2, 0.25) is 10.0 Å². The summed E-state index contributed by atoms with van der Waals surface area (Å²) in [5.74, 6) is -0.206. The summed E-state index contributed by atoms with van der Waals surface area (Å²) in [5, 5.41) is 2.44. The normalized spacial score (nSPS) is 10.7. The van der Waals surface area contributed by atoms with Gasteiger partial charge in [-0.3, -0.25) is 14.6 Å². The Bertz CT molecular complexity index is 1020. The molecule has 0 aliphatic carbocycles. The number of carbonyl (C=O) groups excluding carboxylic acids is 2. The lowest BCUT2D eigenvalue weighted by Crippen LogP contribution is -2.33. The fourth-order valence-electron chi connectivity index (χ4n) is 2.82. The fourth-order valence-corrected chi connectivity index (χ4v) is 3.38. The first kappa shape index (κ1) is 19.1. The molecule has 0 aliphatic heterocycles. The molecule has 3 aromatic rings. The molecule has 27 heavy (non-hydrogen) atoms. The van der Waals surface area contributed by atoms with Crippen molar-refractivity contribution in [1.29, 1.82) is 0 Å². The van der Waals surface area contributed by atoms with Gasteiger partial charge in [0, 0.05) is 47.6 Å². The van der Waals surface area contributed by atoms with Crippen LogP contribution in [0, 0.1) is 0 Å². The highest BCUT2D eigenvalue weighted by atomic mass is 35.5. The maximum atomic E-state index is 11.8. The number of hydrogen-bond donors (Lipinski definition) is 0. The molecule has 2 amide bonds. The first-order chi connectivity index (χ1) is 12.9. The van der Waals surface area contributed by atoms with Crippen LogP contribution in [0.15, 0.2) is 48.8 Å². The fraction of sp³-hybridized carbons (Fsp3) is 0.150. The summed E-state index contributed by atoms with van der Waals surface area (Å²) in [6.45, 7) is 2.68. The molecule has 0 atom stereocenters. The second kappa shape index (κ2) is 7.94. The van der Waals surface area contributed by atoms with Crippen LogP contribution in [-0.2, 0) is 16.2 Å². The van der Waals surface area contributed by atoms with Gasteiger partial charge >= 0.3 is 0 Å². The molecule has 2 aromatic carbocycles. The quantitative estimate of drug-likeness (QED) is 0.614. The summed E-state index contributed by atoms with van der Waals surface area (Å²) >= 11 is 12.7. The zero-order valence-corrected chi connectivity index (χ0v) is 16.2. The van der Waals surface area contributed by atoms with Gasteiger partial charge in [0.15, 0.2) is 0 Å². The summed E-state index contributed by atoms with van der Waals surface area (Å²) in [6.07, 6.45) is 3.44. The third kappa shape index (κ3) is 3.89. The number of halogens is 2. The molecule has 3 rings (SSSR count). The minimum atomic E-state index is -0.430. The van der Waals surface area contributed by atoms with Crippen LogP contribution in [0.1, 0.15) is 19.4 Å². The molecule has 1 heterocycles. The molecule has 1 aromatic heterocycles. The van der Waals surface area contributed by atoms with Gasteiger partial charge in [-0.15, -0.1) is 0 Å². The predicted molar refractivity (Wildman–Crippen MR) is 106 cm³/mol. The number of pyridine rings is 1. The minimum Gasteiger partial charge on any atom is -0.488 e. The lowest BCUT2D eigenvalue weighted by molar-refractivity contribution is -0.124. The number of aromatic nitrogens is 1. The number of rotatable bonds is 4. The summed E-state index contributed by atoms with van der Waals surface area (Å²) < 4.78 is 5.94. The van der Waals surface area contributed by atoms with Crippen molar-refractivity contribution in [2.24, 2.45) is 0 Å². The van der Waals surface area contributed by atoms with E-state index in [4.69, 9.17) is 27.9 Å². The van der Waals surface area contributed by atoms with Crippen molar-refractivity contribution in [3.05, 3.63) is 64.4 Å². The molecule has 0 aliphatic rings. The van der Waals surface area contributed by atoms with Crippen LogP contribution >= 0.6 is 23.2 Å². The van der Waals surface area contributed by atoms with E-state index in [0.29, 0.717) is 16.3 Å². The van der Waals surface area contributed by atoms with Crippen molar-refractivity contribution in [1.82, 2.24) is 4.98 Å². The van der Waals surface area contributed by atoms with Gasteiger partial charge in [0.05, 0.1) is 10.7 Å². The van der Waals surface area contributed by atoms with E-state index in [1.807, 2.05) is 24.3 Å². The monoisotopic (exact) mass is 402 g/mol. The van der Waals surface area contributed by atoms with Crippen LogP contribution in [0.25, 0.3) is 10.8 Å². The van der Waals surface area contributed by atoms with E-state index in [0.717, 1.165) is 15.7 Å². The van der Waals surface area contributed by atoms with Gasteiger partial charge in [-0.25, -0.2) is 4.90 Å². The molecule has 0 fully saturated rings. The molecule has 5 nitrogen and oxygen atoms in total. The lowest BCUT2D eigenvalue weighted by Gasteiger charge is -2.21. The van der Waals surface area contributed by atoms with Gasteiger partial charge in [-0.1, -0.05) is 35.3 Å². The zero-order chi connectivity index (χ0) is 19.6. The maximum absolute atomic E-state index is 11.8. The number of fused-ring (bicyclic) bond motifs is 1. The van der Waals surface area contributed by atoms with Crippen molar-refractivity contribution in [3.8, 4) is 5.75 Å². The lowest BCUT2D eigenvalue weighted by atomic mass is 10.1. The van der Waals surface area contributed by atoms with Crippen LogP contribution in [0.4, 0.5) is 5.69 Å². The number of anilines is 1. The molecule has 0 spiro atoms. The number of hydrogen-bond acceptors (Lipinski definition) is 4. The number of imide groups is 1. The molecule has 0 unspecified atom stereocenters. The van der Waals surface area contributed by atoms with Gasteiger partial charge in [-0.05, 0) is 24.3 Å². The van der Waals surface area contributed by atoms with Crippen LogP contribution < -0.4 is 9.64 Å². The van der Waals surface area contributed by atoms with Gasteiger partial charge in [-0.2, -0.15) is 0 Å². The van der Waals surface area contributed by atoms with E-state index in [1.165, 1.54) is 13.8 Å². The standard InChI is InChI=1S/C20H16Cl2N2O3/c1-12(25)24(13(2)26)18-7-6-17(21)16(20(18)22)11-27-19-5-3-4-14-10-23-9-8-15(14)19/h3-10H,11H2,1-2H3. The second-order valence-corrected chi connectivity index (χ2v) is 6.66. The largest absolute Gasteiger partial charge is 0.488 e. The molecule has 0 radical (unpaired) electrons. The third-order valence-corrected chi connectivity index (χ3v) is 4.82. The predicted octanol–water partition coefficient (Wildman–Crippen LogP) is 5.02. The van der Waals surface area contributed by atoms with E-state index >= 15 is 0 Å². The Balaban J connectivity index is 1.96. The van der Waals surface area contributed by atoms with Crippen LogP contribution in [0.3, 0.4) is 0 Å². The van der Waals surface area contributed by atoms with E-state index in [2.05, 4.69) is 4.98 Å². The Kier molecular flexibility index (Phi) is 5.63. The first-order valence-electron chi connectivity index (χ1n) is 8.14. The molecule has 0 bridgehead atoms. The molecular formula is C20H16Cl2N2O3. The number of amides is 2. The maximum Gasteiger partial charge on any atom is 0.230 e. The average molecular weight is 403 g/mol. The topological polar surface area (TPSA) is 59.5 Å². The summed E-state index contributed by atoms with van der Waals surface area (Å²) in [6, 6.07) is 10.6. The van der Waals surface area contributed by atoms with Crippen molar-refractivity contribution in [2.75, 3.05) is 4.90 Å². The summed E-state index contributed by atoms with van der Waals surface area (Å²) in [4.78, 5) is 28.8. The van der Waals surface area contributed by atoms with E-state index in [-0.39, 0.29) is 17.3 Å². The van der Waals surface area contributed by atoms with Crippen LogP contribution in [-0.4, -0.2) is 16.8 Å². The van der Waals surface area contributed by atoms with Crippen LogP contribution in [0.5, 0.6) is 5.75 Å². The second-order valence-electron chi connectivity index (χ2n) is 5.87. The SMILES string of the molecule is CC(=O)N(C(C)=O)c1ccc(Cl)c(COc2cccc3cnccc23)c1Cl. The van der Waals surface area contributed by atoms with Gasteiger partial charge in [0.25, 0.3) is 0 Å². The Labute approximate surface area is 166 Å². The number of carbonyl (C=O) groups is 2. The third-order valence-electron chi connectivity index (χ3n) is 4.05. The Hall–Kier alpha value is -2.63. The van der Waals surface area contributed by atoms with E-state index in [9.17, 15) is 9.59 Å². The minimum absolute atomic E-state index is 0.0800. The van der Waals surface area contributed by atoms with Crippen molar-refractivity contribution in [3.63, 3.8) is 0 Å². The molecule has 0 N–H and O–H groups in total. The Morgan fingerprint density at radius 2 is 1.81 bits per heavy atom. The highest BCUT2D eigenvalue weighted by Gasteiger charge is 2.22. The Morgan fingerprint density at radius 3 is 2.52 bits per heavy atom. The highest BCUT2D eigenvalue weighted by Crippen LogP contribution is 2.36. The first-order valence-corrected chi connectivity index (χ1v) is 8.89. The summed E-state index contributed by atoms with van der Waals surface area (Å²) in [7, 11) is 0. The molecular weight excluding hydrogens is 387 g/mol. The van der Waals surface area contributed by atoms with Gasteiger partial charge < -0.3 is 4.74 Å². The van der Waals surface area contributed by atoms with Crippen molar-refractivity contribution >= 4 is 51.5 Å². The summed E-state index contributed by atoms with van der Waals surface area (Å²) in [5.41, 5.74) is 0.774. The number of benzene rings is 2. The number of nitrogens with zero attached hydrogens (tertiary/aromatic N) is 2. The van der Waals surface area contributed by atoms with E-state index < -0.39 is 11.8 Å². The van der Waals surface area contributed by atoms with Crippen molar-refractivity contribution < 1.29 is 14.3 Å². The van der Waals surface area contributed by atoms with Crippen molar-refractivity contribution in [2.45, 2.75) is 20.5 Å².